The lowest BCUT2D eigenvalue weighted by atomic mass is 9.72. The Morgan fingerprint density at radius 1 is 1.21 bits per heavy atom. The number of amides is 1. The number of hydrogen-bond donors (Lipinski definition) is 1. The maximum Gasteiger partial charge on any atom is 0.259 e. The maximum absolute atomic E-state index is 13.5. The van der Waals surface area contributed by atoms with Crippen LogP contribution in [0.25, 0.3) is 0 Å². The summed E-state index contributed by atoms with van der Waals surface area (Å²) >= 11 is 7.66. The SMILES string of the molecule is COc1ccc(C=Nc2sc3c(c2C(=O)Nc2ccc(Cl)cc2)CC[C@H](C(C)(C)C)C3)c(C)c1. The van der Waals surface area contributed by atoms with Gasteiger partial charge in [-0.3, -0.25) is 4.79 Å². The van der Waals surface area contributed by atoms with Crippen LogP contribution in [0.3, 0.4) is 0 Å². The van der Waals surface area contributed by atoms with Crippen molar-refractivity contribution in [2.75, 3.05) is 12.4 Å². The first kappa shape index (κ1) is 24.5. The molecule has 0 fully saturated rings. The van der Waals surface area contributed by atoms with Crippen LogP contribution in [0, 0.1) is 18.3 Å². The summed E-state index contributed by atoms with van der Waals surface area (Å²) in [6.45, 7) is 8.94. The van der Waals surface area contributed by atoms with E-state index >= 15 is 0 Å². The Balaban J connectivity index is 1.70. The Labute approximate surface area is 211 Å². The molecule has 0 unspecified atom stereocenters. The van der Waals surface area contributed by atoms with Gasteiger partial charge in [0, 0.05) is 21.8 Å². The van der Waals surface area contributed by atoms with Crippen molar-refractivity contribution in [3.63, 3.8) is 0 Å². The van der Waals surface area contributed by atoms with Gasteiger partial charge in [-0.2, -0.15) is 0 Å². The molecule has 1 aliphatic carbocycles. The van der Waals surface area contributed by atoms with Crippen LogP contribution in [0.1, 0.15) is 59.1 Å². The third-order valence-electron chi connectivity index (χ3n) is 6.60. The Kier molecular flexibility index (Phi) is 7.15. The average molecular weight is 495 g/mol. The van der Waals surface area contributed by atoms with Gasteiger partial charge >= 0.3 is 0 Å². The maximum atomic E-state index is 13.5. The molecule has 0 radical (unpaired) electrons. The summed E-state index contributed by atoms with van der Waals surface area (Å²) in [5, 5.41) is 4.45. The highest BCUT2D eigenvalue weighted by Crippen LogP contribution is 2.45. The molecule has 1 N–H and O–H groups in total. The van der Waals surface area contributed by atoms with Crippen molar-refractivity contribution in [1.82, 2.24) is 0 Å². The highest BCUT2D eigenvalue weighted by Gasteiger charge is 2.33. The fourth-order valence-electron chi connectivity index (χ4n) is 4.41. The molecule has 6 heteroatoms. The van der Waals surface area contributed by atoms with Crippen LogP contribution in [0.15, 0.2) is 47.5 Å². The van der Waals surface area contributed by atoms with Crippen LogP contribution < -0.4 is 10.1 Å². The quantitative estimate of drug-likeness (QED) is 0.367. The molecule has 178 valence electrons. The lowest BCUT2D eigenvalue weighted by molar-refractivity contribution is 0.102. The van der Waals surface area contributed by atoms with Crippen molar-refractivity contribution in [2.45, 2.75) is 47.0 Å². The molecule has 1 aromatic heterocycles. The molecule has 0 saturated carbocycles. The number of aliphatic imine (C=N–C) groups is 1. The molecular formula is C28H31ClN2O2S. The number of methoxy groups -OCH3 is 1. The van der Waals surface area contributed by atoms with Crippen molar-refractivity contribution in [2.24, 2.45) is 16.3 Å². The monoisotopic (exact) mass is 494 g/mol. The van der Waals surface area contributed by atoms with Crippen LogP contribution in [0.5, 0.6) is 5.75 Å². The number of carbonyl (C=O) groups is 1. The number of rotatable bonds is 5. The smallest absolute Gasteiger partial charge is 0.259 e. The number of hydrogen-bond acceptors (Lipinski definition) is 4. The zero-order valence-corrected chi connectivity index (χ0v) is 21.9. The van der Waals surface area contributed by atoms with E-state index in [-0.39, 0.29) is 11.3 Å². The lowest BCUT2D eigenvalue weighted by Crippen LogP contribution is -2.27. The van der Waals surface area contributed by atoms with Crippen LogP contribution >= 0.6 is 22.9 Å². The Bertz CT molecular complexity index is 1220. The zero-order chi connectivity index (χ0) is 24.5. The average Bonchev–Trinajstić information content (AvgIpc) is 3.17. The number of nitrogens with one attached hydrogen (secondary N) is 1. The van der Waals surface area contributed by atoms with Gasteiger partial charge in [-0.1, -0.05) is 32.4 Å². The molecule has 1 amide bonds. The van der Waals surface area contributed by atoms with Gasteiger partial charge in [0.1, 0.15) is 10.8 Å². The molecule has 2 aromatic carbocycles. The largest absolute Gasteiger partial charge is 0.497 e. The van der Waals surface area contributed by atoms with Crippen LogP contribution in [0.4, 0.5) is 10.7 Å². The summed E-state index contributed by atoms with van der Waals surface area (Å²) in [4.78, 5) is 19.6. The van der Waals surface area contributed by atoms with Crippen molar-refractivity contribution in [3.05, 3.63) is 74.6 Å². The molecule has 3 aromatic rings. The summed E-state index contributed by atoms with van der Waals surface area (Å²) in [6, 6.07) is 13.1. The second-order valence-corrected chi connectivity index (χ2v) is 11.5. The molecule has 4 nitrogen and oxygen atoms in total. The van der Waals surface area contributed by atoms with Crippen LogP contribution in [-0.2, 0) is 12.8 Å². The van der Waals surface area contributed by atoms with Crippen molar-refractivity contribution in [1.29, 1.82) is 0 Å². The summed E-state index contributed by atoms with van der Waals surface area (Å²) < 4.78 is 5.32. The van der Waals surface area contributed by atoms with Gasteiger partial charge in [0.05, 0.1) is 12.7 Å². The topological polar surface area (TPSA) is 50.7 Å². The fraction of sp³-hybridized carbons (Fsp3) is 0.357. The molecule has 0 spiro atoms. The lowest BCUT2D eigenvalue weighted by Gasteiger charge is -2.33. The molecular weight excluding hydrogens is 464 g/mol. The highest BCUT2D eigenvalue weighted by molar-refractivity contribution is 7.16. The fourth-order valence-corrected chi connectivity index (χ4v) is 5.81. The predicted octanol–water partition coefficient (Wildman–Crippen LogP) is 7.87. The second-order valence-electron chi connectivity index (χ2n) is 9.93. The number of benzene rings is 2. The summed E-state index contributed by atoms with van der Waals surface area (Å²) in [6.07, 6.45) is 4.82. The molecule has 1 aliphatic rings. The minimum atomic E-state index is -0.118. The van der Waals surface area contributed by atoms with Gasteiger partial charge in [0.2, 0.25) is 0 Å². The van der Waals surface area contributed by atoms with Crippen molar-refractivity contribution < 1.29 is 9.53 Å². The van der Waals surface area contributed by atoms with Crippen molar-refractivity contribution >= 4 is 45.7 Å². The third-order valence-corrected chi connectivity index (χ3v) is 8.01. The molecule has 1 atom stereocenters. The number of thiophene rings is 1. The van der Waals surface area contributed by atoms with Gasteiger partial charge in [0.25, 0.3) is 5.91 Å². The number of anilines is 1. The molecule has 34 heavy (non-hydrogen) atoms. The Hall–Kier alpha value is -2.63. The minimum Gasteiger partial charge on any atom is -0.497 e. The van der Waals surface area contributed by atoms with Gasteiger partial charge < -0.3 is 10.1 Å². The molecule has 1 heterocycles. The van der Waals surface area contributed by atoms with E-state index < -0.39 is 0 Å². The number of carbonyl (C=O) groups excluding carboxylic acids is 1. The van der Waals surface area contributed by atoms with Gasteiger partial charge in [-0.05, 0) is 96.7 Å². The first-order valence-corrected chi connectivity index (χ1v) is 12.8. The second kappa shape index (κ2) is 9.93. The molecule has 0 aliphatic heterocycles. The first-order chi connectivity index (χ1) is 16.2. The number of aryl methyl sites for hydroxylation is 1. The van der Waals surface area contributed by atoms with E-state index in [1.165, 1.54) is 4.88 Å². The Morgan fingerprint density at radius 2 is 1.94 bits per heavy atom. The molecule has 4 rings (SSSR count). The van der Waals surface area contributed by atoms with E-state index in [9.17, 15) is 4.79 Å². The predicted molar refractivity (Wildman–Crippen MR) is 144 cm³/mol. The Morgan fingerprint density at radius 3 is 2.59 bits per heavy atom. The van der Waals surface area contributed by atoms with E-state index in [2.05, 4.69) is 26.1 Å². The minimum absolute atomic E-state index is 0.118. The third kappa shape index (κ3) is 5.37. The summed E-state index contributed by atoms with van der Waals surface area (Å²) in [7, 11) is 1.66. The number of halogens is 1. The zero-order valence-electron chi connectivity index (χ0n) is 20.4. The van der Waals surface area contributed by atoms with E-state index in [1.54, 1.807) is 30.6 Å². The molecule has 0 bridgehead atoms. The highest BCUT2D eigenvalue weighted by atomic mass is 35.5. The van der Waals surface area contributed by atoms with Gasteiger partial charge in [-0.25, -0.2) is 4.99 Å². The first-order valence-electron chi connectivity index (χ1n) is 11.6. The van der Waals surface area contributed by atoms with E-state index in [1.807, 2.05) is 43.5 Å². The number of fused-ring (bicyclic) bond motifs is 1. The normalized spacial score (nSPS) is 15.9. The van der Waals surface area contributed by atoms with Gasteiger partial charge in [0.15, 0.2) is 0 Å². The van der Waals surface area contributed by atoms with E-state index in [4.69, 9.17) is 21.3 Å². The van der Waals surface area contributed by atoms with Crippen LogP contribution in [-0.4, -0.2) is 19.2 Å². The van der Waals surface area contributed by atoms with Crippen LogP contribution in [0.2, 0.25) is 5.02 Å². The standard InChI is InChI=1S/C28H31ClN2O2S/c1-17-14-22(33-5)12-6-18(17)16-30-27-25(26(32)31-21-10-8-20(29)9-11-21)23-13-7-19(28(2,3)4)15-24(23)34-27/h6,8-12,14,16,19H,7,13,15H2,1-5H3,(H,31,32)/t19-/m0/s1. The summed E-state index contributed by atoms with van der Waals surface area (Å²) in [5.74, 6) is 1.29. The van der Waals surface area contributed by atoms with E-state index in [0.717, 1.165) is 52.4 Å². The van der Waals surface area contributed by atoms with Crippen molar-refractivity contribution in [3.8, 4) is 5.75 Å². The van der Waals surface area contributed by atoms with Gasteiger partial charge in [-0.15, -0.1) is 11.3 Å². The number of ether oxygens (including phenoxy) is 1. The number of nitrogens with zero attached hydrogens (tertiary/aromatic N) is 1. The van der Waals surface area contributed by atoms with E-state index in [0.29, 0.717) is 16.5 Å². The summed E-state index contributed by atoms with van der Waals surface area (Å²) in [5.41, 5.74) is 4.88. The molecule has 0 saturated heterocycles.